The van der Waals surface area contributed by atoms with E-state index in [-0.39, 0.29) is 18.1 Å². The van der Waals surface area contributed by atoms with Gasteiger partial charge in [0, 0.05) is 42.4 Å². The lowest BCUT2D eigenvalue weighted by Crippen LogP contribution is -2.46. The first-order valence-corrected chi connectivity index (χ1v) is 12.5. The summed E-state index contributed by atoms with van der Waals surface area (Å²) in [5, 5.41) is 4.82. The summed E-state index contributed by atoms with van der Waals surface area (Å²) in [6.07, 6.45) is 1.27. The van der Waals surface area contributed by atoms with Gasteiger partial charge < -0.3 is 25.6 Å². The number of nitrogens with zero attached hydrogens (tertiary/aromatic N) is 4. The fraction of sp³-hybridized carbons (Fsp3) is 0.320. The Labute approximate surface area is 208 Å². The summed E-state index contributed by atoms with van der Waals surface area (Å²) in [5.41, 5.74) is 8.31. The van der Waals surface area contributed by atoms with Gasteiger partial charge in [0.2, 0.25) is 5.91 Å². The number of nitrogen functional groups attached to an aromatic ring is 1. The maximum Gasteiger partial charge on any atom is 0.414 e. The van der Waals surface area contributed by atoms with E-state index in [1.807, 2.05) is 53.9 Å². The number of amides is 2. The Bertz CT molecular complexity index is 1140. The third kappa shape index (κ3) is 5.48. The van der Waals surface area contributed by atoms with Crippen LogP contribution < -0.4 is 25.8 Å². The third-order valence-electron chi connectivity index (χ3n) is 6.22. The highest BCUT2D eigenvalue weighted by Crippen LogP contribution is 2.26. The molecule has 0 spiro atoms. The number of carbonyl (C=O) groups excluding carboxylic acids is 2. The topological polar surface area (TPSA) is 104 Å². The van der Waals surface area contributed by atoms with Crippen LogP contribution in [0, 0.1) is 0 Å². The number of aromatic nitrogens is 1. The number of ether oxygens (including phenoxy) is 1. The van der Waals surface area contributed by atoms with Gasteiger partial charge in [-0.1, -0.05) is 6.07 Å². The molecule has 3 N–H and O–H groups in total. The molecule has 2 aliphatic rings. The van der Waals surface area contributed by atoms with Crippen molar-refractivity contribution in [1.29, 1.82) is 0 Å². The summed E-state index contributed by atoms with van der Waals surface area (Å²) in [7, 11) is 0. The molecule has 2 saturated heterocycles. The first-order chi connectivity index (χ1) is 17.0. The highest BCUT2D eigenvalue weighted by Gasteiger charge is 2.32. The number of nitrogens with two attached hydrogens (primary N) is 1. The van der Waals surface area contributed by atoms with E-state index in [1.165, 1.54) is 0 Å². The van der Waals surface area contributed by atoms with Crippen molar-refractivity contribution in [2.24, 2.45) is 0 Å². The van der Waals surface area contributed by atoms with Crippen molar-refractivity contribution in [3.05, 3.63) is 65.0 Å². The molecule has 0 saturated carbocycles. The quantitative estimate of drug-likeness (QED) is 0.523. The largest absolute Gasteiger partial charge is 0.442 e. The molecular weight excluding hydrogens is 464 g/mol. The molecule has 2 aliphatic heterocycles. The van der Waals surface area contributed by atoms with Crippen LogP contribution in [0.15, 0.2) is 60.1 Å². The van der Waals surface area contributed by atoms with E-state index in [9.17, 15) is 9.59 Å². The van der Waals surface area contributed by atoms with Gasteiger partial charge in [-0.3, -0.25) is 9.69 Å². The van der Waals surface area contributed by atoms with Gasteiger partial charge in [0.25, 0.3) is 0 Å². The van der Waals surface area contributed by atoms with Gasteiger partial charge in [-0.05, 0) is 47.8 Å². The molecule has 4 heterocycles. The fourth-order valence-corrected chi connectivity index (χ4v) is 5.03. The minimum Gasteiger partial charge on any atom is -0.442 e. The van der Waals surface area contributed by atoms with Crippen LogP contribution in [0.4, 0.5) is 27.7 Å². The van der Waals surface area contributed by atoms with Crippen LogP contribution >= 0.6 is 11.3 Å². The van der Waals surface area contributed by atoms with Crippen LogP contribution in [0.5, 0.6) is 0 Å². The number of cyclic esters (lactones) is 1. The Balaban J connectivity index is 1.11. The fourth-order valence-electron chi connectivity index (χ4n) is 4.32. The maximum atomic E-state index is 12.4. The molecule has 2 aromatic heterocycles. The molecule has 1 aromatic carbocycles. The number of carbonyl (C=O) groups is 2. The summed E-state index contributed by atoms with van der Waals surface area (Å²) in [5.74, 6) is 0.873. The van der Waals surface area contributed by atoms with E-state index in [1.54, 1.807) is 22.4 Å². The molecular formula is C25H28N6O3S. The minimum atomic E-state index is -0.389. The maximum absolute atomic E-state index is 12.4. The molecule has 0 unspecified atom stereocenters. The summed E-state index contributed by atoms with van der Waals surface area (Å²) < 4.78 is 5.47. The van der Waals surface area contributed by atoms with Crippen LogP contribution in [0.2, 0.25) is 0 Å². The van der Waals surface area contributed by atoms with Crippen molar-refractivity contribution in [2.45, 2.75) is 12.5 Å². The van der Waals surface area contributed by atoms with Crippen LogP contribution in [0.1, 0.15) is 4.88 Å². The van der Waals surface area contributed by atoms with Gasteiger partial charge in [0.1, 0.15) is 11.9 Å². The lowest BCUT2D eigenvalue weighted by molar-refractivity contribution is -0.120. The van der Waals surface area contributed by atoms with Crippen molar-refractivity contribution in [3.63, 3.8) is 0 Å². The van der Waals surface area contributed by atoms with E-state index in [0.29, 0.717) is 25.2 Å². The number of anilines is 4. The molecule has 3 aromatic rings. The zero-order valence-electron chi connectivity index (χ0n) is 19.3. The second kappa shape index (κ2) is 10.2. The number of nitrogens with one attached hydrogen (secondary N) is 1. The number of piperazine rings is 1. The van der Waals surface area contributed by atoms with Gasteiger partial charge in [-0.15, -0.1) is 11.3 Å². The monoisotopic (exact) mass is 492 g/mol. The Morgan fingerprint density at radius 3 is 2.49 bits per heavy atom. The Hall–Kier alpha value is -3.79. The molecule has 182 valence electrons. The van der Waals surface area contributed by atoms with Crippen molar-refractivity contribution in [1.82, 2.24) is 10.3 Å². The van der Waals surface area contributed by atoms with Crippen molar-refractivity contribution < 1.29 is 14.3 Å². The Kier molecular flexibility index (Phi) is 6.71. The first-order valence-electron chi connectivity index (χ1n) is 11.6. The van der Waals surface area contributed by atoms with Crippen molar-refractivity contribution in [3.8, 4) is 0 Å². The summed E-state index contributed by atoms with van der Waals surface area (Å²) in [6, 6.07) is 15.7. The zero-order chi connectivity index (χ0) is 24.2. The van der Waals surface area contributed by atoms with Gasteiger partial charge >= 0.3 is 6.09 Å². The van der Waals surface area contributed by atoms with Crippen LogP contribution in [-0.4, -0.2) is 62.4 Å². The van der Waals surface area contributed by atoms with Gasteiger partial charge in [0.15, 0.2) is 0 Å². The van der Waals surface area contributed by atoms with Crippen LogP contribution in [-0.2, 0) is 16.0 Å². The molecule has 10 heteroatoms. The molecule has 2 fully saturated rings. The van der Waals surface area contributed by atoms with E-state index >= 15 is 0 Å². The predicted octanol–water partition coefficient (Wildman–Crippen LogP) is 2.74. The Morgan fingerprint density at radius 1 is 1.06 bits per heavy atom. The van der Waals surface area contributed by atoms with Gasteiger partial charge in [0.05, 0.1) is 31.4 Å². The normalized spacial score (nSPS) is 18.0. The zero-order valence-corrected chi connectivity index (χ0v) is 20.1. The lowest BCUT2D eigenvalue weighted by atomic mass is 10.2. The summed E-state index contributed by atoms with van der Waals surface area (Å²) >= 11 is 1.55. The van der Waals surface area contributed by atoms with Crippen LogP contribution in [0.3, 0.4) is 0 Å². The number of rotatable bonds is 7. The molecule has 0 aliphatic carbocycles. The van der Waals surface area contributed by atoms with E-state index in [4.69, 9.17) is 10.5 Å². The molecule has 1 atom stereocenters. The second-order valence-corrected chi connectivity index (χ2v) is 9.65. The first kappa shape index (κ1) is 23.0. The average molecular weight is 493 g/mol. The molecule has 35 heavy (non-hydrogen) atoms. The highest BCUT2D eigenvalue weighted by atomic mass is 32.1. The Morgan fingerprint density at radius 2 is 1.80 bits per heavy atom. The summed E-state index contributed by atoms with van der Waals surface area (Å²) in [6.45, 7) is 4.21. The minimum absolute atomic E-state index is 0.0708. The van der Waals surface area contributed by atoms with Crippen molar-refractivity contribution >= 4 is 46.2 Å². The van der Waals surface area contributed by atoms with Crippen molar-refractivity contribution in [2.75, 3.05) is 59.7 Å². The van der Waals surface area contributed by atoms with E-state index < -0.39 is 0 Å². The molecule has 9 nitrogen and oxygen atoms in total. The predicted molar refractivity (Wildman–Crippen MR) is 138 cm³/mol. The van der Waals surface area contributed by atoms with E-state index in [0.717, 1.165) is 48.2 Å². The number of benzene rings is 1. The number of thiophene rings is 1. The van der Waals surface area contributed by atoms with Crippen LogP contribution in [0.25, 0.3) is 0 Å². The number of pyridine rings is 1. The number of hydrogen-bond donors (Lipinski definition) is 2. The SMILES string of the molecule is Nc1ccc(N2CCN(c3ccc(N4C[C@H](CNC(=O)Cc5cccs5)OC4=O)cc3)CC2)nc1. The molecule has 5 rings (SSSR count). The molecule has 2 amide bonds. The average Bonchev–Trinajstić information content (AvgIpc) is 3.53. The van der Waals surface area contributed by atoms with E-state index in [2.05, 4.69) is 20.1 Å². The van der Waals surface area contributed by atoms with Gasteiger partial charge in [-0.25, -0.2) is 9.78 Å². The smallest absolute Gasteiger partial charge is 0.414 e. The highest BCUT2D eigenvalue weighted by molar-refractivity contribution is 7.10. The van der Waals surface area contributed by atoms with Gasteiger partial charge in [-0.2, -0.15) is 0 Å². The standard InChI is InChI=1S/C25H28N6O3S/c26-18-3-8-23(27-15-18)30-11-9-29(10-12-30)19-4-6-20(7-5-19)31-17-21(34-25(31)33)16-28-24(32)14-22-2-1-13-35-22/h1-8,13,15,21H,9-12,14,16-17,26H2,(H,28,32)/t21-/m0/s1. The molecule has 0 radical (unpaired) electrons. The third-order valence-corrected chi connectivity index (χ3v) is 7.09. The summed E-state index contributed by atoms with van der Waals surface area (Å²) in [4.78, 5) is 36.2. The number of hydrogen-bond acceptors (Lipinski definition) is 8. The lowest BCUT2D eigenvalue weighted by Gasteiger charge is -2.36. The second-order valence-electron chi connectivity index (χ2n) is 8.62. The molecule has 0 bridgehead atoms.